The predicted octanol–water partition coefficient (Wildman–Crippen LogP) is 2.71. The van der Waals surface area contributed by atoms with Crippen LogP contribution in [0.25, 0.3) is 0 Å². The second-order valence-corrected chi connectivity index (χ2v) is 5.23. The van der Waals surface area contributed by atoms with Crippen LogP contribution in [0.4, 0.5) is 11.5 Å². The van der Waals surface area contributed by atoms with Crippen molar-refractivity contribution in [2.24, 2.45) is 0 Å². The minimum atomic E-state index is -0.660. The van der Waals surface area contributed by atoms with Crippen molar-refractivity contribution in [2.45, 2.75) is 26.7 Å². The lowest BCUT2D eigenvalue weighted by atomic mass is 9.99. The van der Waals surface area contributed by atoms with E-state index in [1.165, 1.54) is 0 Å². The van der Waals surface area contributed by atoms with Crippen molar-refractivity contribution in [2.75, 3.05) is 5.32 Å². The van der Waals surface area contributed by atoms with Gasteiger partial charge in [0.25, 0.3) is 5.91 Å². The lowest BCUT2D eigenvalue weighted by molar-refractivity contribution is -0.389. The van der Waals surface area contributed by atoms with Gasteiger partial charge in [-0.2, -0.15) is 0 Å². The van der Waals surface area contributed by atoms with E-state index in [-0.39, 0.29) is 23.2 Å². The Morgan fingerprint density at radius 2 is 2.09 bits per heavy atom. The summed E-state index contributed by atoms with van der Waals surface area (Å²) in [7, 11) is 0. The number of nitrogens with one attached hydrogen (secondary N) is 2. The number of nitrogens with zero attached hydrogens (tertiary/aromatic N) is 2. The van der Waals surface area contributed by atoms with E-state index in [4.69, 9.17) is 0 Å². The van der Waals surface area contributed by atoms with Crippen LogP contribution in [0.2, 0.25) is 0 Å². The number of anilines is 1. The van der Waals surface area contributed by atoms with E-state index in [0.29, 0.717) is 16.8 Å². The molecular formula is C14H16N4O4. The number of aryl methyl sites for hydroxylation is 1. The molecule has 0 aliphatic carbocycles. The Labute approximate surface area is 126 Å². The van der Waals surface area contributed by atoms with Gasteiger partial charge in [0.05, 0.1) is 6.07 Å². The third-order valence-electron chi connectivity index (χ3n) is 3.24. The van der Waals surface area contributed by atoms with Crippen molar-refractivity contribution in [3.05, 3.63) is 45.1 Å². The molecule has 0 radical (unpaired) electrons. The Balaban J connectivity index is 2.27. The van der Waals surface area contributed by atoms with Crippen molar-refractivity contribution >= 4 is 17.4 Å². The van der Waals surface area contributed by atoms with Crippen LogP contribution in [0.3, 0.4) is 0 Å². The maximum Gasteiger partial charge on any atom is 0.343 e. The van der Waals surface area contributed by atoms with Gasteiger partial charge in [0, 0.05) is 5.69 Å². The van der Waals surface area contributed by atoms with Crippen LogP contribution in [-0.4, -0.2) is 26.1 Å². The molecule has 8 heteroatoms. The molecule has 8 nitrogen and oxygen atoms in total. The number of aromatic hydroxyl groups is 1. The number of rotatable bonds is 4. The Kier molecular flexibility index (Phi) is 4.11. The summed E-state index contributed by atoms with van der Waals surface area (Å²) in [5, 5.41) is 28.9. The van der Waals surface area contributed by atoms with Gasteiger partial charge in [0.2, 0.25) is 0 Å². The molecule has 1 aromatic carbocycles. The van der Waals surface area contributed by atoms with Gasteiger partial charge in [-0.1, -0.05) is 18.9 Å². The van der Waals surface area contributed by atoms with Crippen molar-refractivity contribution < 1.29 is 14.8 Å². The van der Waals surface area contributed by atoms with Gasteiger partial charge in [-0.15, -0.1) is 5.10 Å². The first-order chi connectivity index (χ1) is 10.3. The minimum absolute atomic E-state index is 0.0785. The highest BCUT2D eigenvalue weighted by molar-refractivity contribution is 6.03. The number of amides is 1. The molecule has 2 rings (SSSR count). The fourth-order valence-electron chi connectivity index (χ4n) is 2.01. The van der Waals surface area contributed by atoms with E-state index in [2.05, 4.69) is 15.5 Å². The topological polar surface area (TPSA) is 121 Å². The Morgan fingerprint density at radius 1 is 1.41 bits per heavy atom. The number of H-pyrrole nitrogens is 1. The van der Waals surface area contributed by atoms with E-state index in [1.54, 1.807) is 19.1 Å². The average Bonchev–Trinajstić information content (AvgIpc) is 2.91. The lowest BCUT2D eigenvalue weighted by Crippen LogP contribution is -2.13. The van der Waals surface area contributed by atoms with Gasteiger partial charge < -0.3 is 20.5 Å². The van der Waals surface area contributed by atoms with Crippen LogP contribution < -0.4 is 5.32 Å². The third kappa shape index (κ3) is 3.05. The van der Waals surface area contributed by atoms with Crippen molar-refractivity contribution in [3.8, 4) is 5.75 Å². The Morgan fingerprint density at radius 3 is 2.64 bits per heavy atom. The molecule has 2 aromatic rings. The molecule has 1 aromatic heterocycles. The van der Waals surface area contributed by atoms with Gasteiger partial charge in [-0.3, -0.25) is 4.79 Å². The molecule has 0 fully saturated rings. The van der Waals surface area contributed by atoms with Gasteiger partial charge >= 0.3 is 5.82 Å². The number of nitro groups is 1. The fourth-order valence-corrected chi connectivity index (χ4v) is 2.01. The fraction of sp³-hybridized carbons (Fsp3) is 0.286. The van der Waals surface area contributed by atoms with Gasteiger partial charge in [0.15, 0.2) is 5.69 Å². The summed E-state index contributed by atoms with van der Waals surface area (Å²) in [6.45, 7) is 5.59. The summed E-state index contributed by atoms with van der Waals surface area (Å²) in [6.07, 6.45) is 0. The highest BCUT2D eigenvalue weighted by atomic mass is 16.6. The van der Waals surface area contributed by atoms with Crippen molar-refractivity contribution in [1.29, 1.82) is 0 Å². The zero-order valence-electron chi connectivity index (χ0n) is 12.4. The van der Waals surface area contributed by atoms with Crippen molar-refractivity contribution in [3.63, 3.8) is 0 Å². The number of aromatic amines is 1. The highest BCUT2D eigenvalue weighted by Crippen LogP contribution is 2.31. The number of carbonyl (C=O) groups excluding carboxylic acids is 1. The number of benzene rings is 1. The number of aromatic nitrogens is 2. The predicted molar refractivity (Wildman–Crippen MR) is 80.1 cm³/mol. The van der Waals surface area contributed by atoms with Crippen LogP contribution in [0.1, 0.15) is 41.4 Å². The van der Waals surface area contributed by atoms with E-state index >= 15 is 0 Å². The molecule has 0 saturated carbocycles. The molecule has 0 atom stereocenters. The molecule has 0 unspecified atom stereocenters. The zero-order chi connectivity index (χ0) is 16.4. The molecule has 1 heterocycles. The Hall–Kier alpha value is -2.90. The second kappa shape index (κ2) is 5.84. The number of hydrogen-bond donors (Lipinski definition) is 3. The summed E-state index contributed by atoms with van der Waals surface area (Å²) >= 11 is 0. The number of hydrogen-bond acceptors (Lipinski definition) is 5. The highest BCUT2D eigenvalue weighted by Gasteiger charge is 2.18. The molecule has 116 valence electrons. The van der Waals surface area contributed by atoms with Gasteiger partial charge in [0.1, 0.15) is 5.75 Å². The average molecular weight is 304 g/mol. The van der Waals surface area contributed by atoms with Crippen LogP contribution in [0.15, 0.2) is 18.2 Å². The summed E-state index contributed by atoms with van der Waals surface area (Å²) in [4.78, 5) is 22.0. The summed E-state index contributed by atoms with van der Waals surface area (Å²) < 4.78 is 0. The molecule has 22 heavy (non-hydrogen) atoms. The first-order valence-electron chi connectivity index (χ1n) is 6.64. The monoisotopic (exact) mass is 304 g/mol. The van der Waals surface area contributed by atoms with E-state index in [1.807, 2.05) is 13.8 Å². The minimum Gasteiger partial charge on any atom is -0.508 e. The smallest absolute Gasteiger partial charge is 0.343 e. The standard InChI is InChI=1S/C14H16N4O4/c1-7(2)9-5-10(8(3)4-12(9)19)15-14(20)11-6-13(17-16-11)18(21)22/h4-7,19H,1-3H3,(H,15,20)(H,16,17). The molecule has 0 bridgehead atoms. The van der Waals surface area contributed by atoms with Gasteiger partial charge in [-0.25, -0.2) is 0 Å². The third-order valence-corrected chi connectivity index (χ3v) is 3.24. The van der Waals surface area contributed by atoms with E-state index in [9.17, 15) is 20.0 Å². The SMILES string of the molecule is Cc1cc(O)c(C(C)C)cc1NC(=O)c1cc([N+](=O)[O-])[nH]n1. The van der Waals surface area contributed by atoms with Crippen LogP contribution in [-0.2, 0) is 0 Å². The Bertz CT molecular complexity index is 736. The van der Waals surface area contributed by atoms with Crippen molar-refractivity contribution in [1.82, 2.24) is 10.2 Å². The molecule has 3 N–H and O–H groups in total. The van der Waals surface area contributed by atoms with E-state index < -0.39 is 10.8 Å². The number of phenolic OH excluding ortho intramolecular Hbond substituents is 1. The van der Waals surface area contributed by atoms with E-state index in [0.717, 1.165) is 6.07 Å². The van der Waals surface area contributed by atoms with Crippen LogP contribution in [0.5, 0.6) is 5.75 Å². The zero-order valence-corrected chi connectivity index (χ0v) is 12.4. The first kappa shape index (κ1) is 15.5. The molecule has 0 spiro atoms. The number of phenols is 1. The summed E-state index contributed by atoms with van der Waals surface area (Å²) in [5.41, 5.74) is 1.83. The van der Waals surface area contributed by atoms with Gasteiger partial charge in [-0.05, 0) is 41.0 Å². The molecular weight excluding hydrogens is 288 g/mol. The maximum atomic E-state index is 12.1. The molecule has 0 aliphatic heterocycles. The largest absolute Gasteiger partial charge is 0.508 e. The molecule has 0 aliphatic rings. The van der Waals surface area contributed by atoms with Crippen LogP contribution >= 0.6 is 0 Å². The normalized spacial score (nSPS) is 10.7. The summed E-state index contributed by atoms with van der Waals surface area (Å²) in [6, 6.07) is 4.32. The first-order valence-corrected chi connectivity index (χ1v) is 6.64. The second-order valence-electron chi connectivity index (χ2n) is 5.23. The number of carbonyl (C=O) groups is 1. The lowest BCUT2D eigenvalue weighted by Gasteiger charge is -2.13. The van der Waals surface area contributed by atoms with Crippen LogP contribution in [0, 0.1) is 17.0 Å². The quantitative estimate of drug-likeness (QED) is 0.455. The molecule has 0 saturated heterocycles. The maximum absolute atomic E-state index is 12.1. The summed E-state index contributed by atoms with van der Waals surface area (Å²) in [5.74, 6) is -0.660. The molecule has 1 amide bonds.